The highest BCUT2D eigenvalue weighted by atomic mass is 19.2. The molecule has 0 spiro atoms. The molecule has 5 nitrogen and oxygen atoms in total. The Morgan fingerprint density at radius 1 is 0.765 bits per heavy atom. The maximum atomic E-state index is 13.4. The zero-order valence-electron chi connectivity index (χ0n) is 20.0. The van der Waals surface area contributed by atoms with Gasteiger partial charge >= 0.3 is 7.47 Å². The van der Waals surface area contributed by atoms with E-state index in [-0.39, 0.29) is 5.76 Å². The molecule has 0 atom stereocenters. The van der Waals surface area contributed by atoms with E-state index in [0.29, 0.717) is 22.7 Å². The molecule has 0 amide bonds. The molecular weight excluding hydrogens is 435 g/mol. The lowest BCUT2D eigenvalue weighted by atomic mass is 10.0. The zero-order chi connectivity index (χ0) is 24.7. The summed E-state index contributed by atoms with van der Waals surface area (Å²) in [5.74, 6) is 0.735. The quantitative estimate of drug-likeness (QED) is 0.224. The molecule has 3 rings (SSSR count). The topological polar surface area (TPSA) is 37.3 Å². The predicted octanol–water partition coefficient (Wildman–Crippen LogP) is 5.93. The minimum atomic E-state index is -2.97. The maximum absolute atomic E-state index is 13.4. The Labute approximate surface area is 200 Å². The van der Waals surface area contributed by atoms with Gasteiger partial charge in [0, 0.05) is 56.8 Å². The van der Waals surface area contributed by atoms with Crippen LogP contribution in [-0.4, -0.2) is 48.5 Å². The molecule has 0 unspecified atom stereocenters. The van der Waals surface area contributed by atoms with Crippen LogP contribution in [0, 0.1) is 0 Å². The van der Waals surface area contributed by atoms with Gasteiger partial charge in [-0.15, -0.1) is 0 Å². The van der Waals surface area contributed by atoms with Gasteiger partial charge in [-0.1, -0.05) is 12.1 Å². The maximum Gasteiger partial charge on any atom is 0.796 e. The number of hydrogen-bond donors (Lipinski definition) is 0. The van der Waals surface area contributed by atoms with E-state index < -0.39 is 7.47 Å². The number of benzene rings is 3. The van der Waals surface area contributed by atoms with Crippen LogP contribution in [0.3, 0.4) is 0 Å². The van der Waals surface area contributed by atoms with Crippen LogP contribution in [0.4, 0.5) is 25.7 Å². The summed E-state index contributed by atoms with van der Waals surface area (Å²) in [7, 11) is 6.35. The highest BCUT2D eigenvalue weighted by molar-refractivity contribution is 6.36. The molecule has 8 heteroatoms. The smallest absolute Gasteiger partial charge is 0.505 e. The molecule has 34 heavy (non-hydrogen) atoms. The molecule has 0 N–H and O–H groups in total. The van der Waals surface area contributed by atoms with Gasteiger partial charge in [-0.3, -0.25) is 0 Å². The summed E-state index contributed by atoms with van der Waals surface area (Å²) in [5.41, 5.74) is 4.40. The first-order valence-corrected chi connectivity index (χ1v) is 10.7. The summed E-state index contributed by atoms with van der Waals surface area (Å²) in [6, 6.07) is 22.1. The molecule has 0 saturated heterocycles. The van der Waals surface area contributed by atoms with E-state index in [4.69, 9.17) is 14.4 Å². The Morgan fingerprint density at radius 3 is 1.71 bits per heavy atom. The van der Waals surface area contributed by atoms with E-state index >= 15 is 0 Å². The number of methoxy groups -OCH3 is 1. The van der Waals surface area contributed by atoms with Crippen molar-refractivity contribution in [3.63, 3.8) is 0 Å². The highest BCUT2D eigenvalue weighted by Crippen LogP contribution is 2.25. The number of anilines is 2. The molecule has 0 bridgehead atoms. The molecule has 0 aliphatic carbocycles. The van der Waals surface area contributed by atoms with Gasteiger partial charge in [0.15, 0.2) is 0 Å². The number of nitrogens with zero attached hydrogens (tertiary/aromatic N) is 3. The minimum Gasteiger partial charge on any atom is -0.505 e. The van der Waals surface area contributed by atoms with Gasteiger partial charge in [0.05, 0.1) is 18.5 Å². The van der Waals surface area contributed by atoms with Gasteiger partial charge in [-0.25, -0.2) is 13.6 Å². The molecule has 0 radical (unpaired) electrons. The molecule has 0 saturated carbocycles. The third-order valence-electron chi connectivity index (χ3n) is 5.15. The fraction of sp³-hybridized carbons (Fsp3) is 0.192. The minimum absolute atomic E-state index is 0.0317. The first kappa shape index (κ1) is 24.8. The van der Waals surface area contributed by atoms with Crippen molar-refractivity contribution in [2.75, 3.05) is 45.1 Å². The Morgan fingerprint density at radius 2 is 1.26 bits per heavy atom. The Kier molecular flexibility index (Phi) is 8.30. The van der Waals surface area contributed by atoms with Crippen LogP contribution < -0.4 is 14.5 Å². The molecule has 3 aromatic carbocycles. The second-order valence-corrected chi connectivity index (χ2v) is 7.96. The van der Waals surface area contributed by atoms with E-state index in [1.54, 1.807) is 49.6 Å². The molecule has 0 aliphatic heterocycles. The lowest BCUT2D eigenvalue weighted by Gasteiger charge is -2.15. The monoisotopic (exact) mass is 463 g/mol. The van der Waals surface area contributed by atoms with Crippen LogP contribution in [0.15, 0.2) is 83.9 Å². The van der Waals surface area contributed by atoms with Gasteiger partial charge in [0.2, 0.25) is 0 Å². The van der Waals surface area contributed by atoms with Crippen molar-refractivity contribution in [2.24, 2.45) is 4.99 Å². The summed E-state index contributed by atoms with van der Waals surface area (Å²) in [5, 5.41) is 0. The van der Waals surface area contributed by atoms with Crippen LogP contribution in [0.5, 0.6) is 5.75 Å². The van der Waals surface area contributed by atoms with Gasteiger partial charge in [-0.05, 0) is 60.7 Å². The SMILES string of the molecule is COc1ccc(N=C(/C=C(\OB(F)F)c2ccc(N(C)C)cc2)c2ccc(N(C)C)cc2)cc1. The molecule has 0 aliphatic rings. The second kappa shape index (κ2) is 11.4. The van der Waals surface area contributed by atoms with Crippen LogP contribution in [-0.2, 0) is 4.65 Å². The summed E-state index contributed by atoms with van der Waals surface area (Å²) < 4.78 is 36.8. The van der Waals surface area contributed by atoms with E-state index in [0.717, 1.165) is 16.9 Å². The summed E-state index contributed by atoms with van der Waals surface area (Å²) in [6.07, 6.45) is 1.55. The largest absolute Gasteiger partial charge is 0.796 e. The van der Waals surface area contributed by atoms with Gasteiger partial charge in [0.25, 0.3) is 0 Å². The van der Waals surface area contributed by atoms with Crippen molar-refractivity contribution in [3.05, 3.63) is 90.0 Å². The summed E-state index contributed by atoms with van der Waals surface area (Å²) in [4.78, 5) is 8.65. The molecular formula is C26H28BF2N3O2. The molecule has 0 heterocycles. The number of halogens is 2. The van der Waals surface area contributed by atoms with Crippen molar-refractivity contribution >= 4 is 36.0 Å². The lowest BCUT2D eigenvalue weighted by molar-refractivity contribution is 0.397. The van der Waals surface area contributed by atoms with Gasteiger partial charge < -0.3 is 19.2 Å². The second-order valence-electron chi connectivity index (χ2n) is 7.96. The molecule has 176 valence electrons. The van der Waals surface area contributed by atoms with Gasteiger partial charge in [-0.2, -0.15) is 0 Å². The zero-order valence-corrected chi connectivity index (χ0v) is 20.0. The average molecular weight is 463 g/mol. The molecule has 0 fully saturated rings. The van der Waals surface area contributed by atoms with Crippen molar-refractivity contribution in [3.8, 4) is 5.75 Å². The number of rotatable bonds is 9. The number of aliphatic imine (C=N–C) groups is 1. The highest BCUT2D eigenvalue weighted by Gasteiger charge is 2.21. The standard InChI is InChI=1S/C26H28BF2N3O2/c1-31(2)22-12-6-19(7-13-22)25(30-21-10-16-24(33-5)17-11-21)18-26(34-27(28)29)20-8-14-23(15-9-20)32(3)4/h6-18H,1-5H3/b26-18-,30-25?. The third-order valence-corrected chi connectivity index (χ3v) is 5.15. The Bertz CT molecular complexity index is 1130. The third kappa shape index (κ3) is 6.60. The van der Waals surface area contributed by atoms with Crippen molar-refractivity contribution < 1.29 is 18.0 Å². The van der Waals surface area contributed by atoms with Crippen molar-refractivity contribution in [1.29, 1.82) is 0 Å². The first-order chi connectivity index (χ1) is 16.3. The van der Waals surface area contributed by atoms with E-state index in [2.05, 4.69) is 0 Å². The van der Waals surface area contributed by atoms with E-state index in [1.807, 2.05) is 74.4 Å². The predicted molar refractivity (Wildman–Crippen MR) is 138 cm³/mol. The summed E-state index contributed by atoms with van der Waals surface area (Å²) in [6.45, 7) is 0. The Hall–Kier alpha value is -3.81. The van der Waals surface area contributed by atoms with Crippen molar-refractivity contribution in [1.82, 2.24) is 0 Å². The summed E-state index contributed by atoms with van der Waals surface area (Å²) >= 11 is 0. The molecule has 3 aromatic rings. The van der Waals surface area contributed by atoms with E-state index in [1.165, 1.54) is 0 Å². The van der Waals surface area contributed by atoms with Crippen LogP contribution >= 0.6 is 0 Å². The van der Waals surface area contributed by atoms with Gasteiger partial charge in [0.1, 0.15) is 11.5 Å². The Balaban J connectivity index is 2.11. The van der Waals surface area contributed by atoms with Crippen LogP contribution in [0.25, 0.3) is 5.76 Å². The van der Waals surface area contributed by atoms with Crippen LogP contribution in [0.2, 0.25) is 0 Å². The number of hydrogen-bond acceptors (Lipinski definition) is 5. The lowest BCUT2D eigenvalue weighted by Crippen LogP contribution is -2.10. The number of allylic oxidation sites excluding steroid dienone is 1. The normalized spacial score (nSPS) is 11.7. The fourth-order valence-corrected chi connectivity index (χ4v) is 3.24. The van der Waals surface area contributed by atoms with Crippen LogP contribution in [0.1, 0.15) is 11.1 Å². The van der Waals surface area contributed by atoms with E-state index in [9.17, 15) is 8.63 Å². The average Bonchev–Trinajstić information content (AvgIpc) is 2.83. The first-order valence-electron chi connectivity index (χ1n) is 10.7. The molecule has 0 aromatic heterocycles. The number of ether oxygens (including phenoxy) is 1. The fourth-order valence-electron chi connectivity index (χ4n) is 3.24. The van der Waals surface area contributed by atoms with Crippen molar-refractivity contribution in [2.45, 2.75) is 0 Å².